The Hall–Kier alpha value is -1.43. The summed E-state index contributed by atoms with van der Waals surface area (Å²) in [6, 6.07) is -1.06. The molecule has 0 spiro atoms. The minimum Gasteiger partial charge on any atom is -0.469 e. The molecule has 6 nitrogen and oxygen atoms in total. The van der Waals surface area contributed by atoms with Gasteiger partial charge in [-0.1, -0.05) is 6.08 Å². The summed E-state index contributed by atoms with van der Waals surface area (Å²) in [4.78, 5) is 21.9. The van der Waals surface area contributed by atoms with Crippen LogP contribution in [0.5, 0.6) is 0 Å². The minimum absolute atomic E-state index is 0.467. The molecule has 6 heteroatoms. The third-order valence-electron chi connectivity index (χ3n) is 2.99. The summed E-state index contributed by atoms with van der Waals surface area (Å²) in [7, 11) is 1.22. The van der Waals surface area contributed by atoms with Crippen molar-refractivity contribution in [2.75, 3.05) is 7.11 Å². The van der Waals surface area contributed by atoms with E-state index in [-0.39, 0.29) is 0 Å². The Kier molecular flexibility index (Phi) is 2.04. The van der Waals surface area contributed by atoms with Gasteiger partial charge in [0.05, 0.1) is 13.2 Å². The van der Waals surface area contributed by atoms with Crippen molar-refractivity contribution in [3.63, 3.8) is 0 Å². The monoisotopic (exact) mass is 213 g/mol. The van der Waals surface area contributed by atoms with Crippen molar-refractivity contribution in [3.8, 4) is 0 Å². The summed E-state index contributed by atoms with van der Waals surface area (Å²) < 4.78 is 9.97. The lowest BCUT2D eigenvalue weighted by Crippen LogP contribution is -2.47. The SMILES string of the molecule is COC(=O)[C@@H]1[C@@H]2C=C[C@@](C)(O2)[C@H]1[N+](=O)[O-]. The second kappa shape index (κ2) is 3.03. The Morgan fingerprint density at radius 3 is 2.87 bits per heavy atom. The molecule has 0 N–H and O–H groups in total. The fraction of sp³-hybridized carbons (Fsp3) is 0.667. The van der Waals surface area contributed by atoms with Gasteiger partial charge >= 0.3 is 5.97 Å². The first kappa shape index (κ1) is 10.1. The van der Waals surface area contributed by atoms with Gasteiger partial charge in [-0.2, -0.15) is 0 Å². The molecule has 15 heavy (non-hydrogen) atoms. The predicted molar refractivity (Wildman–Crippen MR) is 48.7 cm³/mol. The van der Waals surface area contributed by atoms with Gasteiger partial charge in [-0.15, -0.1) is 0 Å². The van der Waals surface area contributed by atoms with Gasteiger partial charge in [0, 0.05) is 4.92 Å². The molecule has 0 aromatic rings. The first-order chi connectivity index (χ1) is 6.99. The summed E-state index contributed by atoms with van der Waals surface area (Å²) in [5.74, 6) is -1.42. The summed E-state index contributed by atoms with van der Waals surface area (Å²) in [6.45, 7) is 1.61. The molecule has 2 aliphatic heterocycles. The average Bonchev–Trinajstić information content (AvgIpc) is 2.68. The Morgan fingerprint density at radius 1 is 1.67 bits per heavy atom. The molecule has 0 aliphatic carbocycles. The van der Waals surface area contributed by atoms with Crippen LogP contribution in [0.2, 0.25) is 0 Å². The molecule has 4 atom stereocenters. The Labute approximate surface area is 86.0 Å². The molecule has 0 aromatic carbocycles. The summed E-state index contributed by atoms with van der Waals surface area (Å²) in [6.07, 6.45) is 2.80. The fourth-order valence-corrected chi connectivity index (χ4v) is 2.29. The number of methoxy groups -OCH3 is 1. The maximum Gasteiger partial charge on any atom is 0.318 e. The van der Waals surface area contributed by atoms with Crippen LogP contribution in [0.1, 0.15) is 6.92 Å². The average molecular weight is 213 g/mol. The van der Waals surface area contributed by atoms with Crippen molar-refractivity contribution in [2.24, 2.45) is 5.92 Å². The van der Waals surface area contributed by atoms with Gasteiger partial charge in [0.15, 0.2) is 11.5 Å². The van der Waals surface area contributed by atoms with Crippen LogP contribution in [0.4, 0.5) is 0 Å². The van der Waals surface area contributed by atoms with Crippen molar-refractivity contribution in [1.82, 2.24) is 0 Å². The molecule has 0 amide bonds. The van der Waals surface area contributed by atoms with Crippen molar-refractivity contribution in [3.05, 3.63) is 22.3 Å². The molecule has 2 heterocycles. The van der Waals surface area contributed by atoms with Crippen LogP contribution in [0, 0.1) is 16.0 Å². The lowest BCUT2D eigenvalue weighted by Gasteiger charge is -2.21. The van der Waals surface area contributed by atoms with Crippen LogP contribution in [0.3, 0.4) is 0 Å². The van der Waals surface area contributed by atoms with E-state index >= 15 is 0 Å². The zero-order valence-corrected chi connectivity index (χ0v) is 8.38. The quantitative estimate of drug-likeness (QED) is 0.282. The second-order valence-corrected chi connectivity index (χ2v) is 3.90. The Balaban J connectivity index is 2.36. The third kappa shape index (κ3) is 1.25. The van der Waals surface area contributed by atoms with Gasteiger partial charge in [0.25, 0.3) is 6.04 Å². The van der Waals surface area contributed by atoms with Gasteiger partial charge in [0.2, 0.25) is 0 Å². The van der Waals surface area contributed by atoms with Crippen LogP contribution in [-0.2, 0) is 14.3 Å². The van der Waals surface area contributed by atoms with Crippen molar-refractivity contribution in [2.45, 2.75) is 24.7 Å². The Morgan fingerprint density at radius 2 is 2.33 bits per heavy atom. The summed E-state index contributed by atoms with van der Waals surface area (Å²) in [5, 5.41) is 10.9. The number of hydrogen-bond donors (Lipinski definition) is 0. The number of carbonyl (C=O) groups excluding carboxylic acids is 1. The Bertz CT molecular complexity index is 352. The summed E-state index contributed by atoms with van der Waals surface area (Å²) in [5.41, 5.74) is -0.979. The second-order valence-electron chi connectivity index (χ2n) is 3.90. The molecule has 0 radical (unpaired) electrons. The maximum absolute atomic E-state index is 11.4. The first-order valence-electron chi connectivity index (χ1n) is 4.58. The molecule has 2 bridgehead atoms. The number of nitro groups is 1. The molecule has 2 rings (SSSR count). The number of hydrogen-bond acceptors (Lipinski definition) is 5. The number of rotatable bonds is 2. The molecule has 0 unspecified atom stereocenters. The number of carbonyl (C=O) groups is 1. The van der Waals surface area contributed by atoms with Gasteiger partial charge in [-0.3, -0.25) is 14.9 Å². The molecular weight excluding hydrogens is 202 g/mol. The van der Waals surface area contributed by atoms with Crippen LogP contribution in [-0.4, -0.2) is 35.7 Å². The van der Waals surface area contributed by atoms with E-state index in [2.05, 4.69) is 4.74 Å². The van der Waals surface area contributed by atoms with Gasteiger partial charge in [-0.25, -0.2) is 0 Å². The number of fused-ring (bicyclic) bond motifs is 2. The van der Waals surface area contributed by atoms with E-state index in [1.165, 1.54) is 7.11 Å². The van der Waals surface area contributed by atoms with Crippen molar-refractivity contribution in [1.29, 1.82) is 0 Å². The molecule has 82 valence electrons. The normalized spacial score (nSPS) is 41.9. The lowest BCUT2D eigenvalue weighted by atomic mass is 9.82. The van der Waals surface area contributed by atoms with Gasteiger partial charge in [-0.05, 0) is 13.0 Å². The van der Waals surface area contributed by atoms with Crippen molar-refractivity contribution < 1.29 is 19.2 Å². The van der Waals surface area contributed by atoms with E-state index in [9.17, 15) is 14.9 Å². The van der Waals surface area contributed by atoms with Crippen LogP contribution in [0.25, 0.3) is 0 Å². The first-order valence-corrected chi connectivity index (χ1v) is 4.58. The molecule has 0 saturated carbocycles. The molecule has 0 aromatic heterocycles. The highest BCUT2D eigenvalue weighted by Crippen LogP contribution is 2.44. The van der Waals surface area contributed by atoms with Gasteiger partial charge < -0.3 is 9.47 Å². The zero-order valence-electron chi connectivity index (χ0n) is 8.38. The number of nitrogens with zero attached hydrogens (tertiary/aromatic N) is 1. The zero-order chi connectivity index (χ0) is 11.2. The highest BCUT2D eigenvalue weighted by atomic mass is 16.6. The highest BCUT2D eigenvalue weighted by Gasteiger charge is 2.64. The van der Waals surface area contributed by atoms with Gasteiger partial charge in [0.1, 0.15) is 0 Å². The maximum atomic E-state index is 11.4. The largest absolute Gasteiger partial charge is 0.469 e. The lowest BCUT2D eigenvalue weighted by molar-refractivity contribution is -0.538. The van der Waals surface area contributed by atoms with E-state index in [1.54, 1.807) is 19.1 Å². The highest BCUT2D eigenvalue weighted by molar-refractivity contribution is 5.75. The number of ether oxygens (including phenoxy) is 2. The van der Waals surface area contributed by atoms with E-state index in [0.717, 1.165) is 0 Å². The van der Waals surface area contributed by atoms with E-state index in [1.807, 2.05) is 0 Å². The number of esters is 1. The smallest absolute Gasteiger partial charge is 0.318 e. The predicted octanol–water partition coefficient (Wildman–Crippen LogP) is 0.148. The fourth-order valence-electron chi connectivity index (χ4n) is 2.29. The van der Waals surface area contributed by atoms with Crippen LogP contribution in [0.15, 0.2) is 12.2 Å². The topological polar surface area (TPSA) is 78.7 Å². The molecular formula is C9H11NO5. The summed E-state index contributed by atoms with van der Waals surface area (Å²) >= 11 is 0. The van der Waals surface area contributed by atoms with Crippen molar-refractivity contribution >= 4 is 5.97 Å². The third-order valence-corrected chi connectivity index (χ3v) is 2.99. The van der Waals surface area contributed by atoms with Crippen LogP contribution >= 0.6 is 0 Å². The van der Waals surface area contributed by atoms with E-state index in [4.69, 9.17) is 4.74 Å². The minimum atomic E-state index is -1.06. The van der Waals surface area contributed by atoms with E-state index in [0.29, 0.717) is 0 Å². The molecule has 1 saturated heterocycles. The standard InChI is InChI=1S/C9H11NO5/c1-9-4-3-5(15-9)6(8(11)14-2)7(9)10(12)13/h3-7H,1-2H3/t5-,6+,7-,9+/m0/s1. The van der Waals surface area contributed by atoms with Crippen LogP contribution < -0.4 is 0 Å². The van der Waals surface area contributed by atoms with E-state index < -0.39 is 34.6 Å². The molecule has 2 aliphatic rings. The molecule has 1 fully saturated rings.